The highest BCUT2D eigenvalue weighted by Crippen LogP contribution is 2.28. The minimum absolute atomic E-state index is 0.130. The Morgan fingerprint density at radius 1 is 1.38 bits per heavy atom. The summed E-state index contributed by atoms with van der Waals surface area (Å²) in [4.78, 5) is 15.0. The molecule has 1 aliphatic heterocycles. The molecular formula is C17H22N2O2. The van der Waals surface area contributed by atoms with Gasteiger partial charge in [0.15, 0.2) is 0 Å². The lowest BCUT2D eigenvalue weighted by atomic mass is 10.1. The number of nitrogens with zero attached hydrogens (tertiary/aromatic N) is 2. The fourth-order valence-corrected chi connectivity index (χ4v) is 3.49. The summed E-state index contributed by atoms with van der Waals surface area (Å²) in [5.41, 5.74) is 2.99. The summed E-state index contributed by atoms with van der Waals surface area (Å²) in [6.45, 7) is 3.49. The van der Waals surface area contributed by atoms with Crippen LogP contribution in [0.2, 0.25) is 0 Å². The molecule has 2 heterocycles. The second-order valence-electron chi connectivity index (χ2n) is 5.80. The van der Waals surface area contributed by atoms with Gasteiger partial charge in [0.2, 0.25) is 0 Å². The van der Waals surface area contributed by atoms with Gasteiger partial charge < -0.3 is 14.2 Å². The highest BCUT2D eigenvalue weighted by atomic mass is 16.5. The number of carbonyl (C=O) groups excluding carboxylic acids is 1. The second kappa shape index (κ2) is 5.53. The summed E-state index contributed by atoms with van der Waals surface area (Å²) in [5, 5.41) is 1.16. The number of likely N-dealkylation sites (tertiary alicyclic amines) is 1. The molecule has 21 heavy (non-hydrogen) atoms. The topological polar surface area (TPSA) is 34.5 Å². The van der Waals surface area contributed by atoms with E-state index in [-0.39, 0.29) is 11.9 Å². The van der Waals surface area contributed by atoms with Gasteiger partial charge >= 0.3 is 0 Å². The van der Waals surface area contributed by atoms with Gasteiger partial charge in [0.25, 0.3) is 5.91 Å². The molecule has 4 nitrogen and oxygen atoms in total. The van der Waals surface area contributed by atoms with E-state index < -0.39 is 0 Å². The largest absolute Gasteiger partial charge is 0.383 e. The van der Waals surface area contributed by atoms with E-state index in [2.05, 4.69) is 12.1 Å². The monoisotopic (exact) mass is 286 g/mol. The Kier molecular flexibility index (Phi) is 3.72. The summed E-state index contributed by atoms with van der Waals surface area (Å²) in [6.07, 6.45) is 2.09. The van der Waals surface area contributed by atoms with Crippen LogP contribution in [0.1, 0.15) is 28.9 Å². The summed E-state index contributed by atoms with van der Waals surface area (Å²) in [5.74, 6) is 0.130. The van der Waals surface area contributed by atoms with Crippen LogP contribution in [0.4, 0.5) is 0 Å². The number of amides is 1. The van der Waals surface area contributed by atoms with Crippen LogP contribution in [0.25, 0.3) is 10.9 Å². The first kappa shape index (κ1) is 14.1. The number of aromatic nitrogens is 1. The van der Waals surface area contributed by atoms with Gasteiger partial charge in [0, 0.05) is 31.6 Å². The first-order chi connectivity index (χ1) is 10.1. The van der Waals surface area contributed by atoms with Crippen molar-refractivity contribution in [3.63, 3.8) is 0 Å². The van der Waals surface area contributed by atoms with Crippen LogP contribution in [0.5, 0.6) is 0 Å². The van der Waals surface area contributed by atoms with Crippen LogP contribution in [-0.4, -0.2) is 41.7 Å². The van der Waals surface area contributed by atoms with Crippen molar-refractivity contribution in [1.29, 1.82) is 0 Å². The van der Waals surface area contributed by atoms with Crippen molar-refractivity contribution in [2.24, 2.45) is 7.05 Å². The van der Waals surface area contributed by atoms with Gasteiger partial charge in [-0.25, -0.2) is 0 Å². The van der Waals surface area contributed by atoms with Crippen LogP contribution in [-0.2, 0) is 11.8 Å². The lowest BCUT2D eigenvalue weighted by Crippen LogP contribution is -2.39. The minimum Gasteiger partial charge on any atom is -0.383 e. The molecule has 1 amide bonds. The molecule has 3 rings (SSSR count). The Labute approximate surface area is 125 Å². The normalized spacial score (nSPS) is 18.6. The molecule has 0 radical (unpaired) electrons. The van der Waals surface area contributed by atoms with Crippen LogP contribution in [0, 0.1) is 6.92 Å². The molecule has 0 spiro atoms. The third kappa shape index (κ3) is 2.23. The predicted octanol–water partition coefficient (Wildman–Crippen LogP) is 2.74. The number of fused-ring (bicyclic) bond motifs is 1. The number of para-hydroxylation sites is 1. The van der Waals surface area contributed by atoms with Crippen molar-refractivity contribution in [3.05, 3.63) is 35.5 Å². The van der Waals surface area contributed by atoms with E-state index in [0.29, 0.717) is 6.61 Å². The van der Waals surface area contributed by atoms with Gasteiger partial charge in [-0.3, -0.25) is 4.79 Å². The predicted molar refractivity (Wildman–Crippen MR) is 83.6 cm³/mol. The zero-order valence-electron chi connectivity index (χ0n) is 12.9. The molecule has 1 fully saturated rings. The number of rotatable bonds is 3. The van der Waals surface area contributed by atoms with E-state index in [1.807, 2.05) is 35.6 Å². The van der Waals surface area contributed by atoms with Crippen molar-refractivity contribution >= 4 is 16.8 Å². The number of aryl methyl sites for hydroxylation is 2. The van der Waals surface area contributed by atoms with Crippen LogP contribution in [0.15, 0.2) is 24.3 Å². The van der Waals surface area contributed by atoms with Crippen LogP contribution in [0.3, 0.4) is 0 Å². The van der Waals surface area contributed by atoms with Crippen LogP contribution >= 0.6 is 0 Å². The summed E-state index contributed by atoms with van der Waals surface area (Å²) in [6, 6.07) is 8.39. The number of methoxy groups -OCH3 is 1. The first-order valence-electron chi connectivity index (χ1n) is 7.49. The molecule has 0 N–H and O–H groups in total. The molecule has 1 aliphatic rings. The van der Waals surface area contributed by atoms with Gasteiger partial charge in [-0.1, -0.05) is 18.2 Å². The van der Waals surface area contributed by atoms with Gasteiger partial charge in [-0.05, 0) is 31.4 Å². The fraction of sp³-hybridized carbons (Fsp3) is 0.471. The maximum Gasteiger partial charge on any atom is 0.271 e. The standard InChI is InChI=1S/C17H22N2O2/c1-12-14-8-4-5-9-15(14)18(2)16(12)17(20)19-10-6-7-13(19)11-21-3/h4-5,8-9,13H,6-7,10-11H2,1-3H3/t13-/m1/s1. The van der Waals surface area contributed by atoms with Crippen molar-refractivity contribution in [2.75, 3.05) is 20.3 Å². The summed E-state index contributed by atoms with van der Waals surface area (Å²) in [7, 11) is 3.67. The molecule has 0 aliphatic carbocycles. The maximum atomic E-state index is 13.0. The molecule has 1 aromatic carbocycles. The molecule has 2 aromatic rings. The second-order valence-corrected chi connectivity index (χ2v) is 5.80. The smallest absolute Gasteiger partial charge is 0.271 e. The lowest BCUT2D eigenvalue weighted by Gasteiger charge is -2.24. The molecular weight excluding hydrogens is 264 g/mol. The zero-order chi connectivity index (χ0) is 15.0. The van der Waals surface area contributed by atoms with Crippen molar-refractivity contribution in [2.45, 2.75) is 25.8 Å². The van der Waals surface area contributed by atoms with E-state index in [1.54, 1.807) is 7.11 Å². The number of benzene rings is 1. The Hall–Kier alpha value is -1.81. The van der Waals surface area contributed by atoms with Crippen molar-refractivity contribution in [1.82, 2.24) is 9.47 Å². The molecule has 0 bridgehead atoms. The molecule has 4 heteroatoms. The Morgan fingerprint density at radius 3 is 2.86 bits per heavy atom. The summed E-state index contributed by atoms with van der Waals surface area (Å²) < 4.78 is 7.28. The van der Waals surface area contributed by atoms with E-state index in [1.165, 1.54) is 0 Å². The Morgan fingerprint density at radius 2 is 2.14 bits per heavy atom. The van der Waals surface area contributed by atoms with Gasteiger partial charge in [0.1, 0.15) is 5.69 Å². The number of hydrogen-bond acceptors (Lipinski definition) is 2. The minimum atomic E-state index is 0.130. The van der Waals surface area contributed by atoms with Crippen molar-refractivity contribution in [3.8, 4) is 0 Å². The number of ether oxygens (including phenoxy) is 1. The zero-order valence-corrected chi connectivity index (χ0v) is 12.9. The van der Waals surface area contributed by atoms with E-state index >= 15 is 0 Å². The lowest BCUT2D eigenvalue weighted by molar-refractivity contribution is 0.0621. The third-order valence-corrected chi connectivity index (χ3v) is 4.56. The average molecular weight is 286 g/mol. The molecule has 1 aromatic heterocycles. The molecule has 0 saturated carbocycles. The van der Waals surface area contributed by atoms with E-state index in [9.17, 15) is 4.79 Å². The third-order valence-electron chi connectivity index (χ3n) is 4.56. The highest BCUT2D eigenvalue weighted by Gasteiger charge is 2.32. The number of hydrogen-bond donors (Lipinski definition) is 0. The fourth-order valence-electron chi connectivity index (χ4n) is 3.49. The van der Waals surface area contributed by atoms with E-state index in [0.717, 1.165) is 41.5 Å². The SMILES string of the molecule is COC[C@H]1CCCN1C(=O)c1c(C)c2ccccc2n1C. The average Bonchev–Trinajstić information content (AvgIpc) is 3.04. The Balaban J connectivity index is 2.02. The molecule has 0 unspecified atom stereocenters. The van der Waals surface area contributed by atoms with Gasteiger partial charge in [0.05, 0.1) is 12.6 Å². The number of carbonyl (C=O) groups is 1. The highest BCUT2D eigenvalue weighted by molar-refractivity contribution is 6.01. The van der Waals surface area contributed by atoms with Crippen LogP contribution < -0.4 is 0 Å². The Bertz CT molecular complexity index is 636. The van der Waals surface area contributed by atoms with Crippen molar-refractivity contribution < 1.29 is 9.53 Å². The van der Waals surface area contributed by atoms with Gasteiger partial charge in [-0.15, -0.1) is 0 Å². The van der Waals surface area contributed by atoms with E-state index in [4.69, 9.17) is 4.74 Å². The molecule has 1 saturated heterocycles. The first-order valence-corrected chi connectivity index (χ1v) is 7.49. The maximum absolute atomic E-state index is 13.0. The molecule has 112 valence electrons. The van der Waals surface area contributed by atoms with Gasteiger partial charge in [-0.2, -0.15) is 0 Å². The molecule has 1 atom stereocenters. The quantitative estimate of drug-likeness (QED) is 0.869. The summed E-state index contributed by atoms with van der Waals surface area (Å²) >= 11 is 0.